The molecular formula is C17H30N2O2. The van der Waals surface area contributed by atoms with E-state index in [9.17, 15) is 9.59 Å². The third-order valence-corrected chi connectivity index (χ3v) is 5.46. The zero-order chi connectivity index (χ0) is 15.8. The van der Waals surface area contributed by atoms with Crippen LogP contribution in [0.5, 0.6) is 0 Å². The molecule has 0 aromatic rings. The van der Waals surface area contributed by atoms with Crippen molar-refractivity contribution in [2.45, 2.75) is 71.9 Å². The van der Waals surface area contributed by atoms with E-state index in [1.54, 1.807) is 0 Å². The predicted octanol–water partition coefficient (Wildman–Crippen LogP) is 2.57. The number of rotatable bonds is 4. The van der Waals surface area contributed by atoms with E-state index in [1.165, 1.54) is 0 Å². The summed E-state index contributed by atoms with van der Waals surface area (Å²) in [7, 11) is 0. The van der Waals surface area contributed by atoms with Crippen LogP contribution >= 0.6 is 0 Å². The SMILES string of the molecule is CC(C)C(CN1C(=O)C2(CCCC2)NC(=O)C1C)C(C)C. The summed E-state index contributed by atoms with van der Waals surface area (Å²) in [6, 6.07) is -0.344. The summed E-state index contributed by atoms with van der Waals surface area (Å²) in [6.07, 6.45) is 3.67. The Balaban J connectivity index is 2.22. The van der Waals surface area contributed by atoms with Crippen molar-refractivity contribution in [3.63, 3.8) is 0 Å². The molecule has 1 aliphatic carbocycles. The van der Waals surface area contributed by atoms with E-state index in [2.05, 4.69) is 33.0 Å². The van der Waals surface area contributed by atoms with Crippen LogP contribution in [0.25, 0.3) is 0 Å². The van der Waals surface area contributed by atoms with Crippen LogP contribution in [0.4, 0.5) is 0 Å². The number of carbonyl (C=O) groups is 2. The van der Waals surface area contributed by atoms with E-state index in [1.807, 2.05) is 11.8 Å². The first kappa shape index (κ1) is 16.3. The summed E-state index contributed by atoms with van der Waals surface area (Å²) in [6.45, 7) is 11.4. The molecule has 1 saturated heterocycles. The van der Waals surface area contributed by atoms with Gasteiger partial charge in [-0.3, -0.25) is 9.59 Å². The molecule has 0 aromatic heterocycles. The standard InChI is InChI=1S/C17H30N2O2/c1-11(2)14(12(3)4)10-19-13(5)15(20)18-17(16(19)21)8-6-7-9-17/h11-14H,6-10H2,1-5H3,(H,18,20). The van der Waals surface area contributed by atoms with Gasteiger partial charge in [0, 0.05) is 6.54 Å². The Kier molecular flexibility index (Phi) is 4.64. The van der Waals surface area contributed by atoms with Gasteiger partial charge in [-0.15, -0.1) is 0 Å². The first-order chi connectivity index (χ1) is 9.78. The molecule has 4 nitrogen and oxygen atoms in total. The highest BCUT2D eigenvalue weighted by Gasteiger charge is 2.51. The van der Waals surface area contributed by atoms with Gasteiger partial charge in [0.25, 0.3) is 0 Å². The molecule has 120 valence electrons. The number of hydrogen-bond donors (Lipinski definition) is 1. The van der Waals surface area contributed by atoms with Crippen molar-refractivity contribution >= 4 is 11.8 Å². The third-order valence-electron chi connectivity index (χ3n) is 5.46. The summed E-state index contributed by atoms with van der Waals surface area (Å²) in [5.74, 6) is 1.62. The maximum atomic E-state index is 13.0. The summed E-state index contributed by atoms with van der Waals surface area (Å²) in [4.78, 5) is 27.2. The van der Waals surface area contributed by atoms with Crippen LogP contribution in [0.2, 0.25) is 0 Å². The van der Waals surface area contributed by atoms with E-state index >= 15 is 0 Å². The second-order valence-electron chi connectivity index (χ2n) is 7.56. The molecule has 1 atom stereocenters. The molecule has 1 unspecified atom stereocenters. The Morgan fingerprint density at radius 1 is 1.14 bits per heavy atom. The summed E-state index contributed by atoms with van der Waals surface area (Å²) in [5, 5.41) is 3.02. The van der Waals surface area contributed by atoms with Crippen molar-refractivity contribution in [1.82, 2.24) is 10.2 Å². The molecule has 1 spiro atoms. The smallest absolute Gasteiger partial charge is 0.249 e. The summed E-state index contributed by atoms with van der Waals surface area (Å²) >= 11 is 0. The highest BCUT2D eigenvalue weighted by atomic mass is 16.2. The van der Waals surface area contributed by atoms with Gasteiger partial charge >= 0.3 is 0 Å². The fourth-order valence-corrected chi connectivity index (χ4v) is 3.96. The number of piperazine rings is 1. The van der Waals surface area contributed by atoms with Gasteiger partial charge in [-0.1, -0.05) is 40.5 Å². The van der Waals surface area contributed by atoms with Gasteiger partial charge in [-0.05, 0) is 37.5 Å². The number of nitrogens with one attached hydrogen (secondary N) is 1. The second-order valence-corrected chi connectivity index (χ2v) is 7.56. The number of amides is 2. The molecule has 1 heterocycles. The molecule has 2 fully saturated rings. The molecule has 4 heteroatoms. The van der Waals surface area contributed by atoms with E-state index < -0.39 is 5.54 Å². The lowest BCUT2D eigenvalue weighted by atomic mass is 9.83. The highest BCUT2D eigenvalue weighted by Crippen LogP contribution is 2.35. The first-order valence-electron chi connectivity index (χ1n) is 8.41. The molecule has 0 aromatic carbocycles. The molecule has 1 saturated carbocycles. The average molecular weight is 294 g/mol. The molecular weight excluding hydrogens is 264 g/mol. The Hall–Kier alpha value is -1.06. The minimum atomic E-state index is -0.595. The fraction of sp³-hybridized carbons (Fsp3) is 0.882. The summed E-state index contributed by atoms with van der Waals surface area (Å²) < 4.78 is 0. The van der Waals surface area contributed by atoms with E-state index in [-0.39, 0.29) is 17.9 Å². The Morgan fingerprint density at radius 2 is 1.67 bits per heavy atom. The van der Waals surface area contributed by atoms with Gasteiger partial charge in [0.15, 0.2) is 0 Å². The van der Waals surface area contributed by atoms with Gasteiger partial charge in [0.1, 0.15) is 11.6 Å². The minimum Gasteiger partial charge on any atom is -0.340 e. The highest BCUT2D eigenvalue weighted by molar-refractivity contribution is 5.99. The van der Waals surface area contributed by atoms with Gasteiger partial charge in [0.2, 0.25) is 11.8 Å². The maximum absolute atomic E-state index is 13.0. The molecule has 2 rings (SSSR count). The molecule has 1 aliphatic heterocycles. The fourth-order valence-electron chi connectivity index (χ4n) is 3.96. The third kappa shape index (κ3) is 2.95. The Bertz CT molecular complexity index is 403. The minimum absolute atomic E-state index is 0.0164. The van der Waals surface area contributed by atoms with E-state index in [4.69, 9.17) is 0 Å². The average Bonchev–Trinajstić information content (AvgIpc) is 2.85. The van der Waals surface area contributed by atoms with Crippen LogP contribution in [0, 0.1) is 17.8 Å². The van der Waals surface area contributed by atoms with E-state index in [0.717, 1.165) is 25.7 Å². The topological polar surface area (TPSA) is 49.4 Å². The van der Waals surface area contributed by atoms with Crippen molar-refractivity contribution in [2.24, 2.45) is 17.8 Å². The zero-order valence-corrected chi connectivity index (χ0v) is 14.1. The monoisotopic (exact) mass is 294 g/mol. The van der Waals surface area contributed by atoms with Crippen molar-refractivity contribution in [1.29, 1.82) is 0 Å². The summed E-state index contributed by atoms with van der Waals surface area (Å²) in [5.41, 5.74) is -0.595. The normalized spacial score (nSPS) is 25.5. The van der Waals surface area contributed by atoms with Crippen LogP contribution in [0.1, 0.15) is 60.3 Å². The second kappa shape index (κ2) is 5.98. The lowest BCUT2D eigenvalue weighted by Gasteiger charge is -2.45. The van der Waals surface area contributed by atoms with Crippen molar-refractivity contribution in [3.8, 4) is 0 Å². The Labute approximate surface area is 128 Å². The van der Waals surface area contributed by atoms with E-state index in [0.29, 0.717) is 24.3 Å². The molecule has 0 radical (unpaired) electrons. The van der Waals surface area contributed by atoms with Crippen molar-refractivity contribution in [3.05, 3.63) is 0 Å². The predicted molar refractivity (Wildman–Crippen MR) is 83.7 cm³/mol. The van der Waals surface area contributed by atoms with Crippen LogP contribution in [0.3, 0.4) is 0 Å². The lowest BCUT2D eigenvalue weighted by Crippen LogP contribution is -2.69. The quantitative estimate of drug-likeness (QED) is 0.866. The number of hydrogen-bond acceptors (Lipinski definition) is 2. The van der Waals surface area contributed by atoms with Crippen LogP contribution in [-0.2, 0) is 9.59 Å². The molecule has 1 N–H and O–H groups in total. The van der Waals surface area contributed by atoms with Gasteiger partial charge in [-0.2, -0.15) is 0 Å². The van der Waals surface area contributed by atoms with Crippen LogP contribution in [0.15, 0.2) is 0 Å². The number of nitrogens with zero attached hydrogens (tertiary/aromatic N) is 1. The lowest BCUT2D eigenvalue weighted by molar-refractivity contribution is -0.155. The van der Waals surface area contributed by atoms with Crippen molar-refractivity contribution < 1.29 is 9.59 Å². The Morgan fingerprint density at radius 3 is 2.14 bits per heavy atom. The van der Waals surface area contributed by atoms with Gasteiger partial charge in [0.05, 0.1) is 0 Å². The van der Waals surface area contributed by atoms with Crippen LogP contribution in [-0.4, -0.2) is 34.8 Å². The van der Waals surface area contributed by atoms with Gasteiger partial charge in [-0.25, -0.2) is 0 Å². The first-order valence-corrected chi connectivity index (χ1v) is 8.41. The maximum Gasteiger partial charge on any atom is 0.249 e. The molecule has 2 aliphatic rings. The largest absolute Gasteiger partial charge is 0.340 e. The molecule has 2 amide bonds. The number of carbonyl (C=O) groups excluding carboxylic acids is 2. The molecule has 0 bridgehead atoms. The van der Waals surface area contributed by atoms with Crippen LogP contribution < -0.4 is 5.32 Å². The van der Waals surface area contributed by atoms with Gasteiger partial charge < -0.3 is 10.2 Å². The molecule has 21 heavy (non-hydrogen) atoms. The zero-order valence-electron chi connectivity index (χ0n) is 14.1. The van der Waals surface area contributed by atoms with Crippen molar-refractivity contribution in [2.75, 3.05) is 6.54 Å².